The molecule has 2 heterocycles. The van der Waals surface area contributed by atoms with Crippen LogP contribution in [0.5, 0.6) is 0 Å². The fraction of sp³-hybridized carbons (Fsp3) is 0.353. The number of rotatable bonds is 3. The van der Waals surface area contributed by atoms with Crippen molar-refractivity contribution in [2.75, 3.05) is 23.3 Å². The van der Waals surface area contributed by atoms with Crippen LogP contribution in [0, 0.1) is 5.92 Å². The summed E-state index contributed by atoms with van der Waals surface area (Å²) in [6.45, 7) is 4.24. The van der Waals surface area contributed by atoms with Crippen LogP contribution in [0.4, 0.5) is 11.6 Å². The molecule has 3 rings (SSSR count). The van der Waals surface area contributed by atoms with Gasteiger partial charge in [0.1, 0.15) is 0 Å². The summed E-state index contributed by atoms with van der Waals surface area (Å²) in [5.41, 5.74) is 1.24. The molecule has 1 fully saturated rings. The number of carbonyl (C=O) groups excluding carboxylic acids is 1. The smallest absolute Gasteiger partial charge is 0.258 e. The Morgan fingerprint density at radius 1 is 1.14 bits per heavy atom. The molecule has 1 saturated heterocycles. The number of nitrogens with one attached hydrogen (secondary N) is 1. The molecule has 1 aromatic carbocycles. The minimum Gasteiger partial charge on any atom is -0.341 e. The average Bonchev–Trinajstić information content (AvgIpc) is 2.57. The molecule has 0 atom stereocenters. The molecule has 114 valence electrons. The molecule has 5 nitrogen and oxygen atoms in total. The van der Waals surface area contributed by atoms with Gasteiger partial charge in [-0.05, 0) is 30.9 Å². The molecule has 1 aliphatic heterocycles. The zero-order valence-electron chi connectivity index (χ0n) is 12.7. The van der Waals surface area contributed by atoms with E-state index in [0.29, 0.717) is 11.5 Å². The van der Waals surface area contributed by atoms with Gasteiger partial charge in [-0.2, -0.15) is 0 Å². The summed E-state index contributed by atoms with van der Waals surface area (Å²) >= 11 is 0. The van der Waals surface area contributed by atoms with E-state index in [9.17, 15) is 4.79 Å². The predicted molar refractivity (Wildman–Crippen MR) is 87.0 cm³/mol. The van der Waals surface area contributed by atoms with Gasteiger partial charge < -0.3 is 10.2 Å². The van der Waals surface area contributed by atoms with E-state index in [-0.39, 0.29) is 5.91 Å². The van der Waals surface area contributed by atoms with Gasteiger partial charge in [-0.15, -0.1) is 0 Å². The zero-order chi connectivity index (χ0) is 15.4. The second-order valence-electron chi connectivity index (χ2n) is 5.76. The molecule has 22 heavy (non-hydrogen) atoms. The monoisotopic (exact) mass is 296 g/mol. The van der Waals surface area contributed by atoms with Gasteiger partial charge in [-0.3, -0.25) is 4.79 Å². The number of hydrogen-bond acceptors (Lipinski definition) is 4. The van der Waals surface area contributed by atoms with Gasteiger partial charge in [0.25, 0.3) is 5.91 Å². The maximum absolute atomic E-state index is 12.1. The molecule has 1 aliphatic rings. The zero-order valence-corrected chi connectivity index (χ0v) is 12.7. The van der Waals surface area contributed by atoms with E-state index in [0.717, 1.165) is 24.7 Å². The van der Waals surface area contributed by atoms with Crippen molar-refractivity contribution >= 4 is 17.5 Å². The molecule has 2 aromatic rings. The summed E-state index contributed by atoms with van der Waals surface area (Å²) in [6, 6.07) is 9.37. The molecular formula is C17H20N4O. The third-order valence-corrected chi connectivity index (χ3v) is 4.00. The lowest BCUT2D eigenvalue weighted by atomic mass is 10.00. The number of carbonyl (C=O) groups is 1. The number of benzene rings is 1. The van der Waals surface area contributed by atoms with Gasteiger partial charge in [0.15, 0.2) is 0 Å². The van der Waals surface area contributed by atoms with Crippen LogP contribution in [0.1, 0.15) is 30.1 Å². The number of hydrogen-bond donors (Lipinski definition) is 1. The van der Waals surface area contributed by atoms with E-state index in [1.54, 1.807) is 12.4 Å². The minimum absolute atomic E-state index is 0.190. The second-order valence-corrected chi connectivity index (χ2v) is 5.76. The van der Waals surface area contributed by atoms with Gasteiger partial charge >= 0.3 is 0 Å². The number of para-hydroxylation sites is 1. The highest BCUT2D eigenvalue weighted by Gasteiger charge is 2.18. The summed E-state index contributed by atoms with van der Waals surface area (Å²) < 4.78 is 0. The SMILES string of the molecule is CC1CCN(c2ncc(C(=O)Nc3ccccc3)cn2)CC1. The Balaban J connectivity index is 1.65. The quantitative estimate of drug-likeness (QED) is 0.946. The van der Waals surface area contributed by atoms with Crippen molar-refractivity contribution < 1.29 is 4.79 Å². The molecule has 1 N–H and O–H groups in total. The Morgan fingerprint density at radius 2 is 1.77 bits per heavy atom. The highest BCUT2D eigenvalue weighted by atomic mass is 16.1. The highest BCUT2D eigenvalue weighted by Crippen LogP contribution is 2.19. The highest BCUT2D eigenvalue weighted by molar-refractivity contribution is 6.03. The van der Waals surface area contributed by atoms with Gasteiger partial charge in [-0.1, -0.05) is 25.1 Å². The molecule has 0 unspecified atom stereocenters. The van der Waals surface area contributed by atoms with Crippen LogP contribution in [-0.2, 0) is 0 Å². The molecule has 0 radical (unpaired) electrons. The molecular weight excluding hydrogens is 276 g/mol. The first kappa shape index (κ1) is 14.5. The average molecular weight is 296 g/mol. The Bertz CT molecular complexity index is 619. The van der Waals surface area contributed by atoms with Crippen molar-refractivity contribution in [2.24, 2.45) is 5.92 Å². The molecule has 0 bridgehead atoms. The summed E-state index contributed by atoms with van der Waals surface area (Å²) in [7, 11) is 0. The van der Waals surface area contributed by atoms with Crippen LogP contribution in [0.15, 0.2) is 42.7 Å². The van der Waals surface area contributed by atoms with Crippen LogP contribution in [0.3, 0.4) is 0 Å². The molecule has 1 amide bonds. The van der Waals surface area contributed by atoms with Gasteiger partial charge in [0.2, 0.25) is 5.95 Å². The Morgan fingerprint density at radius 3 is 2.41 bits per heavy atom. The first-order valence-electron chi connectivity index (χ1n) is 7.66. The summed E-state index contributed by atoms with van der Waals surface area (Å²) in [5, 5.41) is 2.83. The number of nitrogens with zero attached hydrogens (tertiary/aromatic N) is 3. The first-order valence-corrected chi connectivity index (χ1v) is 7.66. The molecule has 0 spiro atoms. The molecule has 1 aromatic heterocycles. The van der Waals surface area contributed by atoms with E-state index in [1.807, 2.05) is 30.3 Å². The van der Waals surface area contributed by atoms with Gasteiger partial charge in [0.05, 0.1) is 5.56 Å². The third-order valence-electron chi connectivity index (χ3n) is 4.00. The third kappa shape index (κ3) is 3.42. The van der Waals surface area contributed by atoms with E-state index in [1.165, 1.54) is 12.8 Å². The van der Waals surface area contributed by atoms with Crippen LogP contribution in [0.2, 0.25) is 0 Å². The molecule has 0 aliphatic carbocycles. The minimum atomic E-state index is -0.190. The Hall–Kier alpha value is -2.43. The fourth-order valence-electron chi connectivity index (χ4n) is 2.54. The Labute approximate surface area is 130 Å². The van der Waals surface area contributed by atoms with Crippen molar-refractivity contribution in [3.05, 3.63) is 48.3 Å². The number of piperidine rings is 1. The van der Waals surface area contributed by atoms with E-state index >= 15 is 0 Å². The lowest BCUT2D eigenvalue weighted by molar-refractivity contribution is 0.102. The molecule has 5 heteroatoms. The maximum atomic E-state index is 12.1. The lowest BCUT2D eigenvalue weighted by Crippen LogP contribution is -2.34. The van der Waals surface area contributed by atoms with Crippen molar-refractivity contribution in [2.45, 2.75) is 19.8 Å². The number of anilines is 2. The lowest BCUT2D eigenvalue weighted by Gasteiger charge is -2.30. The van der Waals surface area contributed by atoms with Crippen molar-refractivity contribution in [3.8, 4) is 0 Å². The second kappa shape index (κ2) is 6.56. The van der Waals surface area contributed by atoms with Crippen molar-refractivity contribution in [3.63, 3.8) is 0 Å². The standard InChI is InChI=1S/C17H20N4O/c1-13-7-9-21(10-8-13)17-18-11-14(12-19-17)16(22)20-15-5-3-2-4-6-15/h2-6,11-13H,7-10H2,1H3,(H,20,22). The van der Waals surface area contributed by atoms with Crippen LogP contribution < -0.4 is 10.2 Å². The topological polar surface area (TPSA) is 58.1 Å². The first-order chi connectivity index (χ1) is 10.7. The fourth-order valence-corrected chi connectivity index (χ4v) is 2.54. The summed E-state index contributed by atoms with van der Waals surface area (Å²) in [4.78, 5) is 23.0. The normalized spacial score (nSPS) is 15.6. The number of aromatic nitrogens is 2. The van der Waals surface area contributed by atoms with Crippen LogP contribution in [0.25, 0.3) is 0 Å². The van der Waals surface area contributed by atoms with E-state index in [2.05, 4.69) is 27.1 Å². The molecule has 0 saturated carbocycles. The van der Waals surface area contributed by atoms with Gasteiger partial charge in [-0.25, -0.2) is 9.97 Å². The van der Waals surface area contributed by atoms with Crippen molar-refractivity contribution in [1.29, 1.82) is 0 Å². The predicted octanol–water partition coefficient (Wildman–Crippen LogP) is 2.97. The van der Waals surface area contributed by atoms with Crippen LogP contribution >= 0.6 is 0 Å². The van der Waals surface area contributed by atoms with Crippen molar-refractivity contribution in [1.82, 2.24) is 9.97 Å². The summed E-state index contributed by atoms with van der Waals surface area (Å²) in [6.07, 6.45) is 5.52. The maximum Gasteiger partial charge on any atom is 0.258 e. The van der Waals surface area contributed by atoms with Crippen LogP contribution in [-0.4, -0.2) is 29.0 Å². The summed E-state index contributed by atoms with van der Waals surface area (Å²) in [5.74, 6) is 1.29. The van der Waals surface area contributed by atoms with E-state index in [4.69, 9.17) is 0 Å². The number of amides is 1. The van der Waals surface area contributed by atoms with Gasteiger partial charge in [0, 0.05) is 31.2 Å². The van der Waals surface area contributed by atoms with E-state index < -0.39 is 0 Å². The Kier molecular flexibility index (Phi) is 4.32. The largest absolute Gasteiger partial charge is 0.341 e.